The number of rotatable bonds is 6. The quantitative estimate of drug-likeness (QED) is 0.668. The molecule has 108 valence electrons. The summed E-state index contributed by atoms with van der Waals surface area (Å²) in [6, 6.07) is 10.00. The summed E-state index contributed by atoms with van der Waals surface area (Å²) in [5.41, 5.74) is 2.15. The first kappa shape index (κ1) is 14.5. The smallest absolute Gasteiger partial charge is 0.210 e. The molecule has 7 heteroatoms. The molecule has 0 atom stereocenters. The van der Waals surface area contributed by atoms with E-state index < -0.39 is 0 Å². The molecule has 0 bridgehead atoms. The zero-order valence-corrected chi connectivity index (χ0v) is 13.9. The summed E-state index contributed by atoms with van der Waals surface area (Å²) in [5, 5.41) is 15.7. The number of aryl methyl sites for hydroxylation is 1. The minimum Gasteiger partial charge on any atom is -0.330 e. The van der Waals surface area contributed by atoms with Gasteiger partial charge in [-0.05, 0) is 18.6 Å². The largest absolute Gasteiger partial charge is 0.330 e. The van der Waals surface area contributed by atoms with Gasteiger partial charge in [0.1, 0.15) is 0 Å². The number of aromatic nitrogens is 3. The van der Waals surface area contributed by atoms with Gasteiger partial charge in [-0.1, -0.05) is 48.2 Å². The number of hydrogen-bond acceptors (Lipinski definition) is 7. The van der Waals surface area contributed by atoms with Gasteiger partial charge >= 0.3 is 0 Å². The fraction of sp³-hybridized carbons (Fsp3) is 0.214. The lowest BCUT2D eigenvalue weighted by Gasteiger charge is -1.99. The second-order valence-corrected chi connectivity index (χ2v) is 7.38. The van der Waals surface area contributed by atoms with Gasteiger partial charge in [0.05, 0.1) is 10.7 Å². The molecule has 3 aromatic rings. The third-order valence-electron chi connectivity index (χ3n) is 2.68. The van der Waals surface area contributed by atoms with Crippen LogP contribution in [0.1, 0.15) is 17.6 Å². The molecule has 0 saturated carbocycles. The maximum Gasteiger partial charge on any atom is 0.210 e. The highest BCUT2D eigenvalue weighted by Gasteiger charge is 2.07. The first-order valence-electron chi connectivity index (χ1n) is 6.55. The number of nitrogens with one attached hydrogen (secondary N) is 1. The van der Waals surface area contributed by atoms with E-state index in [0.717, 1.165) is 33.0 Å². The Labute approximate surface area is 135 Å². The molecule has 0 saturated heterocycles. The lowest BCUT2D eigenvalue weighted by atomic mass is 10.3. The van der Waals surface area contributed by atoms with Gasteiger partial charge in [-0.25, -0.2) is 4.98 Å². The van der Waals surface area contributed by atoms with Gasteiger partial charge in [-0.2, -0.15) is 0 Å². The summed E-state index contributed by atoms with van der Waals surface area (Å²) in [6.45, 7) is 2.13. The second kappa shape index (κ2) is 7.02. The van der Waals surface area contributed by atoms with Crippen molar-refractivity contribution in [1.29, 1.82) is 0 Å². The van der Waals surface area contributed by atoms with Gasteiger partial charge in [0, 0.05) is 16.8 Å². The molecule has 21 heavy (non-hydrogen) atoms. The predicted molar refractivity (Wildman–Crippen MR) is 90.7 cm³/mol. The SMILES string of the molecule is CCc1nc(CSc2nnc(Nc3ccccc3)s2)cs1. The Bertz CT molecular complexity index is 693. The standard InChI is InChI=1S/C14H14N4S3/c1-2-12-15-11(8-19-12)9-20-14-18-17-13(21-14)16-10-6-4-3-5-7-10/h3-8H,2,9H2,1H3,(H,16,17). The van der Waals surface area contributed by atoms with Crippen LogP contribution in [0.15, 0.2) is 40.1 Å². The molecule has 0 amide bonds. The van der Waals surface area contributed by atoms with Crippen LogP contribution in [0.5, 0.6) is 0 Å². The summed E-state index contributed by atoms with van der Waals surface area (Å²) < 4.78 is 0.958. The molecule has 0 unspecified atom stereocenters. The number of benzene rings is 1. The molecule has 3 rings (SSSR count). The van der Waals surface area contributed by atoms with Crippen molar-refractivity contribution in [2.45, 2.75) is 23.4 Å². The van der Waals surface area contributed by atoms with Crippen LogP contribution in [-0.4, -0.2) is 15.2 Å². The Morgan fingerprint density at radius 1 is 1.19 bits per heavy atom. The molecular weight excluding hydrogens is 320 g/mol. The Morgan fingerprint density at radius 3 is 2.81 bits per heavy atom. The first-order chi connectivity index (χ1) is 10.3. The van der Waals surface area contributed by atoms with E-state index in [4.69, 9.17) is 0 Å². The Kier molecular flexibility index (Phi) is 4.84. The number of thiazole rings is 1. The Morgan fingerprint density at radius 2 is 2.05 bits per heavy atom. The number of nitrogens with zero attached hydrogens (tertiary/aromatic N) is 3. The van der Waals surface area contributed by atoms with E-state index in [-0.39, 0.29) is 0 Å². The van der Waals surface area contributed by atoms with E-state index in [9.17, 15) is 0 Å². The van der Waals surface area contributed by atoms with Crippen LogP contribution in [0, 0.1) is 0 Å². The number of hydrogen-bond donors (Lipinski definition) is 1. The van der Waals surface area contributed by atoms with E-state index >= 15 is 0 Å². The van der Waals surface area contributed by atoms with Crippen molar-refractivity contribution >= 4 is 45.3 Å². The molecule has 2 aromatic heterocycles. The average molecular weight is 334 g/mol. The minimum atomic E-state index is 0.816. The van der Waals surface area contributed by atoms with Crippen molar-refractivity contribution in [3.8, 4) is 0 Å². The monoisotopic (exact) mass is 334 g/mol. The lowest BCUT2D eigenvalue weighted by Crippen LogP contribution is -1.87. The van der Waals surface area contributed by atoms with Crippen molar-refractivity contribution in [3.63, 3.8) is 0 Å². The van der Waals surface area contributed by atoms with Gasteiger partial charge in [0.25, 0.3) is 0 Å². The zero-order valence-electron chi connectivity index (χ0n) is 11.4. The highest BCUT2D eigenvalue weighted by molar-refractivity contribution is 8.00. The number of anilines is 2. The molecule has 0 radical (unpaired) electrons. The normalized spacial score (nSPS) is 10.7. The Hall–Kier alpha value is -1.44. The molecule has 2 heterocycles. The van der Waals surface area contributed by atoms with Crippen LogP contribution in [0.4, 0.5) is 10.8 Å². The van der Waals surface area contributed by atoms with Crippen molar-refractivity contribution in [3.05, 3.63) is 46.4 Å². The second-order valence-electron chi connectivity index (χ2n) is 4.24. The molecule has 1 N–H and O–H groups in total. The van der Waals surface area contributed by atoms with Gasteiger partial charge in [-0.15, -0.1) is 21.5 Å². The van der Waals surface area contributed by atoms with Crippen LogP contribution >= 0.6 is 34.4 Å². The maximum absolute atomic E-state index is 4.56. The molecule has 0 aliphatic rings. The van der Waals surface area contributed by atoms with Crippen LogP contribution in [0.3, 0.4) is 0 Å². The number of thioether (sulfide) groups is 1. The Balaban J connectivity index is 1.57. The summed E-state index contributed by atoms with van der Waals surface area (Å²) in [5.74, 6) is 0.844. The van der Waals surface area contributed by atoms with Crippen LogP contribution < -0.4 is 5.32 Å². The van der Waals surface area contributed by atoms with E-state index in [1.807, 2.05) is 30.3 Å². The van der Waals surface area contributed by atoms with Crippen molar-refractivity contribution in [2.24, 2.45) is 0 Å². The average Bonchev–Trinajstić information content (AvgIpc) is 3.15. The summed E-state index contributed by atoms with van der Waals surface area (Å²) >= 11 is 4.96. The molecular formula is C14H14N4S3. The van der Waals surface area contributed by atoms with Gasteiger partial charge in [0.15, 0.2) is 4.34 Å². The van der Waals surface area contributed by atoms with Crippen molar-refractivity contribution < 1.29 is 0 Å². The minimum absolute atomic E-state index is 0.816. The molecule has 1 aromatic carbocycles. The van der Waals surface area contributed by atoms with E-state index in [2.05, 4.69) is 32.8 Å². The molecule has 0 spiro atoms. The van der Waals surface area contributed by atoms with Crippen LogP contribution in [0.25, 0.3) is 0 Å². The third-order valence-corrected chi connectivity index (χ3v) is 5.72. The summed E-state index contributed by atoms with van der Waals surface area (Å²) in [7, 11) is 0. The van der Waals surface area contributed by atoms with E-state index in [1.54, 1.807) is 34.4 Å². The van der Waals surface area contributed by atoms with Crippen molar-refractivity contribution in [2.75, 3.05) is 5.32 Å². The fourth-order valence-electron chi connectivity index (χ4n) is 1.68. The third kappa shape index (κ3) is 4.03. The predicted octanol–water partition coefficient (Wildman–Crippen LogP) is 4.59. The topological polar surface area (TPSA) is 50.7 Å². The van der Waals surface area contributed by atoms with Crippen LogP contribution in [0.2, 0.25) is 0 Å². The fourth-order valence-corrected chi connectivity index (χ4v) is 4.19. The highest BCUT2D eigenvalue weighted by atomic mass is 32.2. The lowest BCUT2D eigenvalue weighted by molar-refractivity contribution is 1.01. The molecule has 0 aliphatic heterocycles. The molecule has 4 nitrogen and oxygen atoms in total. The first-order valence-corrected chi connectivity index (χ1v) is 9.23. The van der Waals surface area contributed by atoms with Gasteiger partial charge < -0.3 is 5.32 Å². The van der Waals surface area contributed by atoms with Crippen molar-refractivity contribution in [1.82, 2.24) is 15.2 Å². The molecule has 0 aliphatic carbocycles. The summed E-state index contributed by atoms with van der Waals surface area (Å²) in [4.78, 5) is 4.56. The highest BCUT2D eigenvalue weighted by Crippen LogP contribution is 2.30. The van der Waals surface area contributed by atoms with Gasteiger partial charge in [0.2, 0.25) is 5.13 Å². The van der Waals surface area contributed by atoms with Gasteiger partial charge in [-0.3, -0.25) is 0 Å². The van der Waals surface area contributed by atoms with Crippen LogP contribution in [-0.2, 0) is 12.2 Å². The number of para-hydroxylation sites is 1. The molecule has 0 fully saturated rings. The zero-order chi connectivity index (χ0) is 14.5. The summed E-state index contributed by atoms with van der Waals surface area (Å²) in [6.07, 6.45) is 0.999. The van der Waals surface area contributed by atoms with E-state index in [1.165, 1.54) is 5.01 Å². The van der Waals surface area contributed by atoms with E-state index in [0.29, 0.717) is 0 Å². The maximum atomic E-state index is 4.56.